The normalized spacial score (nSPS) is 23.2. The van der Waals surface area contributed by atoms with Gasteiger partial charge in [0.25, 0.3) is 0 Å². The summed E-state index contributed by atoms with van der Waals surface area (Å²) in [5, 5.41) is 0. The van der Waals surface area contributed by atoms with E-state index in [1.54, 1.807) is 12.1 Å². The number of carbonyl (C=O) groups excluding carboxylic acids is 1. The van der Waals surface area contributed by atoms with E-state index < -0.39 is 0 Å². The average molecular weight is 221 g/mol. The second kappa shape index (κ2) is 4.74. The predicted molar refractivity (Wildman–Crippen MR) is 60.8 cm³/mol. The molecular formula is C13H16FNO. The SMILES string of the molecule is CN1CCC(C(C=O)c2ccc(F)cc2)C1. The molecule has 1 saturated heterocycles. The van der Waals surface area contributed by atoms with E-state index in [2.05, 4.69) is 11.9 Å². The van der Waals surface area contributed by atoms with Gasteiger partial charge in [0.15, 0.2) is 0 Å². The van der Waals surface area contributed by atoms with Crippen LogP contribution in [-0.2, 0) is 4.79 Å². The molecule has 1 heterocycles. The van der Waals surface area contributed by atoms with Crippen LogP contribution in [0.2, 0.25) is 0 Å². The third-order valence-electron chi connectivity index (χ3n) is 3.34. The van der Waals surface area contributed by atoms with Gasteiger partial charge in [0.2, 0.25) is 0 Å². The van der Waals surface area contributed by atoms with E-state index in [1.807, 2.05) is 0 Å². The molecule has 0 bridgehead atoms. The number of halogens is 1. The summed E-state index contributed by atoms with van der Waals surface area (Å²) in [7, 11) is 2.06. The van der Waals surface area contributed by atoms with Gasteiger partial charge >= 0.3 is 0 Å². The Morgan fingerprint density at radius 1 is 1.44 bits per heavy atom. The lowest BCUT2D eigenvalue weighted by Crippen LogP contribution is -2.19. The van der Waals surface area contributed by atoms with Gasteiger partial charge in [-0.05, 0) is 43.6 Å². The molecule has 3 heteroatoms. The van der Waals surface area contributed by atoms with Crippen molar-refractivity contribution in [3.63, 3.8) is 0 Å². The van der Waals surface area contributed by atoms with E-state index in [4.69, 9.17) is 0 Å². The Kier molecular flexibility index (Phi) is 3.34. The maximum atomic E-state index is 12.8. The van der Waals surface area contributed by atoms with Gasteiger partial charge in [0.05, 0.1) is 0 Å². The summed E-state index contributed by atoms with van der Waals surface area (Å²) in [6.45, 7) is 1.98. The Bertz CT molecular complexity index is 363. The Balaban J connectivity index is 2.16. The molecule has 0 aliphatic carbocycles. The van der Waals surface area contributed by atoms with Crippen LogP contribution in [-0.4, -0.2) is 31.3 Å². The second-order valence-electron chi connectivity index (χ2n) is 4.52. The maximum absolute atomic E-state index is 12.8. The summed E-state index contributed by atoms with van der Waals surface area (Å²) in [4.78, 5) is 13.4. The number of hydrogen-bond donors (Lipinski definition) is 0. The number of hydrogen-bond acceptors (Lipinski definition) is 2. The quantitative estimate of drug-likeness (QED) is 0.728. The average Bonchev–Trinajstić information content (AvgIpc) is 2.69. The molecular weight excluding hydrogens is 205 g/mol. The van der Waals surface area contributed by atoms with Gasteiger partial charge in [0, 0.05) is 12.5 Å². The largest absolute Gasteiger partial charge is 0.306 e. The molecule has 0 aromatic heterocycles. The van der Waals surface area contributed by atoms with Crippen molar-refractivity contribution in [3.05, 3.63) is 35.6 Å². The molecule has 1 aliphatic heterocycles. The van der Waals surface area contributed by atoms with Crippen LogP contribution in [0, 0.1) is 11.7 Å². The molecule has 1 fully saturated rings. The summed E-state index contributed by atoms with van der Waals surface area (Å²) in [6, 6.07) is 6.27. The van der Waals surface area contributed by atoms with E-state index in [-0.39, 0.29) is 11.7 Å². The Morgan fingerprint density at radius 2 is 2.12 bits per heavy atom. The molecule has 2 atom stereocenters. The lowest BCUT2D eigenvalue weighted by Gasteiger charge is -2.18. The summed E-state index contributed by atoms with van der Waals surface area (Å²) in [6.07, 6.45) is 2.04. The van der Waals surface area contributed by atoms with Gasteiger partial charge in [0.1, 0.15) is 12.1 Å². The van der Waals surface area contributed by atoms with E-state index >= 15 is 0 Å². The van der Waals surface area contributed by atoms with Gasteiger partial charge in [-0.25, -0.2) is 4.39 Å². The Labute approximate surface area is 95.1 Å². The number of aldehydes is 1. The number of carbonyl (C=O) groups is 1. The third kappa shape index (κ3) is 2.30. The first-order valence-electron chi connectivity index (χ1n) is 5.60. The molecule has 0 radical (unpaired) electrons. The van der Waals surface area contributed by atoms with E-state index in [9.17, 15) is 9.18 Å². The topological polar surface area (TPSA) is 20.3 Å². The van der Waals surface area contributed by atoms with Gasteiger partial charge < -0.3 is 9.69 Å². The zero-order chi connectivity index (χ0) is 11.5. The van der Waals surface area contributed by atoms with Gasteiger partial charge in [-0.3, -0.25) is 0 Å². The molecule has 1 aromatic rings. The summed E-state index contributed by atoms with van der Waals surface area (Å²) < 4.78 is 12.8. The Morgan fingerprint density at radius 3 is 2.62 bits per heavy atom. The van der Waals surface area contributed by atoms with Crippen molar-refractivity contribution in [1.82, 2.24) is 4.90 Å². The highest BCUT2D eigenvalue weighted by Crippen LogP contribution is 2.29. The van der Waals surface area contributed by atoms with Crippen LogP contribution in [0.5, 0.6) is 0 Å². The van der Waals surface area contributed by atoms with Crippen molar-refractivity contribution >= 4 is 6.29 Å². The van der Waals surface area contributed by atoms with Crippen LogP contribution in [0.15, 0.2) is 24.3 Å². The molecule has 0 amide bonds. The Hall–Kier alpha value is -1.22. The fourth-order valence-corrected chi connectivity index (χ4v) is 2.41. The minimum atomic E-state index is -0.253. The third-order valence-corrected chi connectivity index (χ3v) is 3.34. The zero-order valence-corrected chi connectivity index (χ0v) is 9.40. The molecule has 1 aromatic carbocycles. The van der Waals surface area contributed by atoms with Crippen molar-refractivity contribution in [2.45, 2.75) is 12.3 Å². The smallest absolute Gasteiger partial charge is 0.127 e. The number of likely N-dealkylation sites (tertiary alicyclic amines) is 1. The minimum absolute atomic E-state index is 0.0921. The maximum Gasteiger partial charge on any atom is 0.127 e. The van der Waals surface area contributed by atoms with E-state index in [0.29, 0.717) is 5.92 Å². The number of nitrogens with zero attached hydrogens (tertiary/aromatic N) is 1. The first kappa shape index (κ1) is 11.3. The lowest BCUT2D eigenvalue weighted by atomic mass is 9.86. The van der Waals surface area contributed by atoms with Crippen molar-refractivity contribution in [1.29, 1.82) is 0 Å². The molecule has 0 spiro atoms. The molecule has 0 N–H and O–H groups in total. The molecule has 2 rings (SSSR count). The molecule has 0 saturated carbocycles. The zero-order valence-electron chi connectivity index (χ0n) is 9.40. The standard InChI is InChI=1S/C13H16FNO/c1-15-7-6-11(8-15)13(9-16)10-2-4-12(14)5-3-10/h2-5,9,11,13H,6-8H2,1H3. The van der Waals surface area contributed by atoms with Crippen molar-refractivity contribution in [2.75, 3.05) is 20.1 Å². The molecule has 2 unspecified atom stereocenters. The summed E-state index contributed by atoms with van der Waals surface area (Å²) in [5.41, 5.74) is 0.928. The lowest BCUT2D eigenvalue weighted by molar-refractivity contribution is -0.110. The van der Waals surface area contributed by atoms with Crippen LogP contribution in [0.4, 0.5) is 4.39 Å². The highest BCUT2D eigenvalue weighted by atomic mass is 19.1. The van der Waals surface area contributed by atoms with E-state index in [0.717, 1.165) is 31.4 Å². The van der Waals surface area contributed by atoms with E-state index in [1.165, 1.54) is 12.1 Å². The number of rotatable bonds is 3. The first-order chi connectivity index (χ1) is 7.70. The van der Waals surface area contributed by atoms with Crippen molar-refractivity contribution in [2.24, 2.45) is 5.92 Å². The van der Waals surface area contributed by atoms with Gasteiger partial charge in [-0.15, -0.1) is 0 Å². The summed E-state index contributed by atoms with van der Waals surface area (Å²) >= 11 is 0. The molecule has 1 aliphatic rings. The monoisotopic (exact) mass is 221 g/mol. The highest BCUT2D eigenvalue weighted by Gasteiger charge is 2.28. The first-order valence-corrected chi connectivity index (χ1v) is 5.60. The van der Waals surface area contributed by atoms with Crippen molar-refractivity contribution < 1.29 is 9.18 Å². The second-order valence-corrected chi connectivity index (χ2v) is 4.52. The molecule has 16 heavy (non-hydrogen) atoms. The summed E-state index contributed by atoms with van der Waals surface area (Å²) in [5.74, 6) is 0.0236. The fraction of sp³-hybridized carbons (Fsp3) is 0.462. The van der Waals surface area contributed by atoms with Crippen molar-refractivity contribution in [3.8, 4) is 0 Å². The highest BCUT2D eigenvalue weighted by molar-refractivity contribution is 5.62. The molecule has 2 nitrogen and oxygen atoms in total. The van der Waals surface area contributed by atoms with Gasteiger partial charge in [-0.1, -0.05) is 12.1 Å². The van der Waals surface area contributed by atoms with Gasteiger partial charge in [-0.2, -0.15) is 0 Å². The van der Waals surface area contributed by atoms with Crippen LogP contribution < -0.4 is 0 Å². The fourth-order valence-electron chi connectivity index (χ4n) is 2.41. The van der Waals surface area contributed by atoms with Crippen LogP contribution >= 0.6 is 0 Å². The molecule has 86 valence electrons. The van der Waals surface area contributed by atoms with Crippen LogP contribution in [0.1, 0.15) is 17.9 Å². The van der Waals surface area contributed by atoms with Crippen LogP contribution in [0.25, 0.3) is 0 Å². The number of benzene rings is 1. The van der Waals surface area contributed by atoms with Crippen LogP contribution in [0.3, 0.4) is 0 Å². The minimum Gasteiger partial charge on any atom is -0.306 e. The predicted octanol–water partition coefficient (Wildman–Crippen LogP) is 2.06.